The van der Waals surface area contributed by atoms with Crippen molar-refractivity contribution in [2.75, 3.05) is 20.6 Å². The quantitative estimate of drug-likeness (QED) is 0.750. The van der Waals surface area contributed by atoms with Gasteiger partial charge in [0.1, 0.15) is 4.90 Å². The van der Waals surface area contributed by atoms with Gasteiger partial charge in [0, 0.05) is 31.0 Å². The van der Waals surface area contributed by atoms with E-state index in [1.54, 1.807) is 0 Å². The number of aromatic nitrogens is 1. The van der Waals surface area contributed by atoms with Crippen molar-refractivity contribution >= 4 is 10.0 Å². The minimum absolute atomic E-state index is 0.0950. The van der Waals surface area contributed by atoms with E-state index < -0.39 is 15.5 Å². The molecule has 0 saturated carbocycles. The first-order valence-corrected chi connectivity index (χ1v) is 8.65. The molecular formula is C14H25N3O3S. The van der Waals surface area contributed by atoms with Crippen molar-refractivity contribution in [2.24, 2.45) is 5.92 Å². The zero-order valence-corrected chi connectivity index (χ0v) is 13.9. The first-order chi connectivity index (χ1) is 9.83. The maximum Gasteiger partial charge on any atom is 0.245 e. The van der Waals surface area contributed by atoms with Crippen LogP contribution in [0.25, 0.3) is 0 Å². The number of aromatic amines is 1. The fourth-order valence-electron chi connectivity index (χ4n) is 2.49. The number of pyridine rings is 1. The smallest absolute Gasteiger partial charge is 0.245 e. The maximum absolute atomic E-state index is 12.2. The van der Waals surface area contributed by atoms with Crippen LogP contribution in [0.3, 0.4) is 0 Å². The van der Waals surface area contributed by atoms with Gasteiger partial charge in [-0.05, 0) is 20.0 Å². The average molecular weight is 315 g/mol. The first kappa shape index (κ1) is 17.9. The van der Waals surface area contributed by atoms with Crippen LogP contribution in [0.2, 0.25) is 0 Å². The standard InChI is InChI=1S/C14H25N3O3S/c1-5-11(6-2)12(17(3)4)9-16-21(19,20)14-10-15-8-7-13(14)18/h7-8,10-12,16H,5-6,9H2,1-4H3,(H,15,18). The molecule has 0 fully saturated rings. The summed E-state index contributed by atoms with van der Waals surface area (Å²) in [7, 11) is 0.0843. The van der Waals surface area contributed by atoms with E-state index in [1.165, 1.54) is 18.5 Å². The lowest BCUT2D eigenvalue weighted by Gasteiger charge is -2.31. The Labute approximate surface area is 126 Å². The number of sulfonamides is 1. The van der Waals surface area contributed by atoms with Gasteiger partial charge in [-0.3, -0.25) is 4.79 Å². The van der Waals surface area contributed by atoms with Crippen LogP contribution in [0.15, 0.2) is 28.2 Å². The molecule has 7 heteroatoms. The number of H-pyrrole nitrogens is 1. The molecule has 0 aliphatic carbocycles. The van der Waals surface area contributed by atoms with Gasteiger partial charge in [0.15, 0.2) is 0 Å². The van der Waals surface area contributed by atoms with Gasteiger partial charge in [0.2, 0.25) is 15.5 Å². The van der Waals surface area contributed by atoms with Gasteiger partial charge in [0.25, 0.3) is 0 Å². The molecule has 0 amide bonds. The van der Waals surface area contributed by atoms with Gasteiger partial charge in [-0.25, -0.2) is 13.1 Å². The summed E-state index contributed by atoms with van der Waals surface area (Å²) >= 11 is 0. The molecule has 0 saturated heterocycles. The Balaban J connectivity index is 2.89. The molecular weight excluding hydrogens is 290 g/mol. The maximum atomic E-state index is 12.2. The van der Waals surface area contributed by atoms with E-state index in [0.717, 1.165) is 12.8 Å². The molecule has 0 bridgehead atoms. The van der Waals surface area contributed by atoms with E-state index in [1.807, 2.05) is 19.0 Å². The third kappa shape index (κ3) is 4.66. The van der Waals surface area contributed by atoms with E-state index in [-0.39, 0.29) is 17.5 Å². The highest BCUT2D eigenvalue weighted by molar-refractivity contribution is 7.89. The lowest BCUT2D eigenvalue weighted by molar-refractivity contribution is 0.201. The first-order valence-electron chi connectivity index (χ1n) is 7.16. The van der Waals surface area contributed by atoms with E-state index in [2.05, 4.69) is 23.6 Å². The predicted octanol–water partition coefficient (Wildman–Crippen LogP) is 1.02. The Morgan fingerprint density at radius 3 is 2.38 bits per heavy atom. The van der Waals surface area contributed by atoms with Crippen LogP contribution in [0.5, 0.6) is 0 Å². The van der Waals surface area contributed by atoms with E-state index in [4.69, 9.17) is 0 Å². The van der Waals surface area contributed by atoms with Crippen LogP contribution in [-0.2, 0) is 10.0 Å². The predicted molar refractivity (Wildman–Crippen MR) is 83.8 cm³/mol. The highest BCUT2D eigenvalue weighted by Crippen LogP contribution is 2.17. The lowest BCUT2D eigenvalue weighted by atomic mass is 9.93. The van der Waals surface area contributed by atoms with Crippen molar-refractivity contribution in [3.05, 3.63) is 28.7 Å². The summed E-state index contributed by atoms with van der Waals surface area (Å²) in [5.41, 5.74) is -0.509. The number of nitrogens with one attached hydrogen (secondary N) is 2. The number of nitrogens with zero attached hydrogens (tertiary/aromatic N) is 1. The van der Waals surface area contributed by atoms with Crippen molar-refractivity contribution < 1.29 is 8.42 Å². The molecule has 21 heavy (non-hydrogen) atoms. The SMILES string of the molecule is CCC(CC)C(CNS(=O)(=O)c1c[nH]ccc1=O)N(C)C. The zero-order chi connectivity index (χ0) is 16.0. The molecule has 1 unspecified atom stereocenters. The minimum atomic E-state index is -3.79. The monoisotopic (exact) mass is 315 g/mol. The summed E-state index contributed by atoms with van der Waals surface area (Å²) in [4.78, 5) is 16.1. The highest BCUT2D eigenvalue weighted by atomic mass is 32.2. The topological polar surface area (TPSA) is 82.3 Å². The fourth-order valence-corrected chi connectivity index (χ4v) is 3.59. The number of hydrogen-bond donors (Lipinski definition) is 2. The van der Waals surface area contributed by atoms with Crippen molar-refractivity contribution in [1.29, 1.82) is 0 Å². The normalized spacial score (nSPS) is 13.8. The van der Waals surface area contributed by atoms with Gasteiger partial charge in [-0.1, -0.05) is 26.7 Å². The molecule has 1 aromatic heterocycles. The second-order valence-corrected chi connectivity index (χ2v) is 7.07. The molecule has 0 aliphatic heterocycles. The van der Waals surface area contributed by atoms with Gasteiger partial charge in [0.05, 0.1) is 0 Å². The summed E-state index contributed by atoms with van der Waals surface area (Å²) in [6.07, 6.45) is 4.58. The van der Waals surface area contributed by atoms with Crippen LogP contribution in [0.4, 0.5) is 0 Å². The highest BCUT2D eigenvalue weighted by Gasteiger charge is 2.24. The Kier molecular flexibility index (Phi) is 6.57. The van der Waals surface area contributed by atoms with Crippen LogP contribution in [0, 0.1) is 5.92 Å². The Morgan fingerprint density at radius 1 is 1.29 bits per heavy atom. The van der Waals surface area contributed by atoms with E-state index >= 15 is 0 Å². The van der Waals surface area contributed by atoms with E-state index in [0.29, 0.717) is 5.92 Å². The van der Waals surface area contributed by atoms with Gasteiger partial charge >= 0.3 is 0 Å². The van der Waals surface area contributed by atoms with Crippen molar-refractivity contribution in [2.45, 2.75) is 37.6 Å². The minimum Gasteiger partial charge on any atom is -0.366 e. The Bertz CT molecular complexity index is 591. The molecule has 0 aromatic carbocycles. The average Bonchev–Trinajstić information content (AvgIpc) is 2.43. The lowest BCUT2D eigenvalue weighted by Crippen LogP contribution is -2.45. The third-order valence-corrected chi connectivity index (χ3v) is 5.26. The summed E-state index contributed by atoms with van der Waals surface area (Å²) in [5, 5.41) is 0. The van der Waals surface area contributed by atoms with Crippen LogP contribution in [0.1, 0.15) is 26.7 Å². The molecule has 0 spiro atoms. The summed E-state index contributed by atoms with van der Waals surface area (Å²) in [6.45, 7) is 4.48. The second-order valence-electron chi connectivity index (χ2n) is 5.33. The van der Waals surface area contributed by atoms with Crippen LogP contribution < -0.4 is 10.2 Å². The molecule has 0 radical (unpaired) electrons. The Morgan fingerprint density at radius 2 is 1.90 bits per heavy atom. The number of likely N-dealkylation sites (N-methyl/N-ethyl adjacent to an activating group) is 1. The molecule has 2 N–H and O–H groups in total. The molecule has 120 valence electrons. The van der Waals surface area contributed by atoms with Crippen molar-refractivity contribution in [1.82, 2.24) is 14.6 Å². The zero-order valence-electron chi connectivity index (χ0n) is 13.1. The largest absolute Gasteiger partial charge is 0.366 e. The fraction of sp³-hybridized carbons (Fsp3) is 0.643. The number of rotatable bonds is 8. The molecule has 0 aliphatic rings. The second kappa shape index (κ2) is 7.72. The number of hydrogen-bond acceptors (Lipinski definition) is 4. The van der Waals surface area contributed by atoms with Crippen molar-refractivity contribution in [3.8, 4) is 0 Å². The summed E-state index contributed by atoms with van der Waals surface area (Å²) < 4.78 is 27.0. The van der Waals surface area contributed by atoms with Gasteiger partial charge in [-0.15, -0.1) is 0 Å². The van der Waals surface area contributed by atoms with Crippen LogP contribution >= 0.6 is 0 Å². The van der Waals surface area contributed by atoms with Gasteiger partial charge < -0.3 is 9.88 Å². The molecule has 6 nitrogen and oxygen atoms in total. The summed E-state index contributed by atoms with van der Waals surface area (Å²) in [6, 6.07) is 1.30. The molecule has 1 rings (SSSR count). The van der Waals surface area contributed by atoms with Crippen molar-refractivity contribution in [3.63, 3.8) is 0 Å². The molecule has 1 atom stereocenters. The third-order valence-electron chi connectivity index (χ3n) is 3.82. The van der Waals surface area contributed by atoms with Crippen LogP contribution in [-0.4, -0.2) is 45.0 Å². The molecule has 1 heterocycles. The Hall–Kier alpha value is -1.18. The summed E-state index contributed by atoms with van der Waals surface area (Å²) in [5.74, 6) is 0.400. The molecule has 1 aromatic rings. The van der Waals surface area contributed by atoms with E-state index in [9.17, 15) is 13.2 Å². The van der Waals surface area contributed by atoms with Gasteiger partial charge in [-0.2, -0.15) is 0 Å².